The van der Waals surface area contributed by atoms with Crippen LogP contribution < -0.4 is 0 Å². The van der Waals surface area contributed by atoms with E-state index in [4.69, 9.17) is 23.2 Å². The number of hydrogen-bond donors (Lipinski definition) is 0. The molecule has 0 radical (unpaired) electrons. The molecule has 0 atom stereocenters. The zero-order valence-corrected chi connectivity index (χ0v) is 19.4. The normalized spacial score (nSPS) is 18.0. The second-order valence-electron chi connectivity index (χ2n) is 8.03. The molecule has 4 nitrogen and oxygen atoms in total. The van der Waals surface area contributed by atoms with Crippen molar-refractivity contribution in [2.45, 2.75) is 12.8 Å². The molecule has 2 aliphatic heterocycles. The fraction of sp³-hybridized carbons (Fsp3) is 0.304. The van der Waals surface area contributed by atoms with Crippen molar-refractivity contribution in [1.29, 1.82) is 0 Å². The van der Waals surface area contributed by atoms with E-state index in [0.717, 1.165) is 22.9 Å². The Hall–Kier alpha value is -1.82. The van der Waals surface area contributed by atoms with Gasteiger partial charge in [0.25, 0.3) is 5.91 Å². The monoisotopic (exact) mass is 506 g/mol. The third-order valence-electron chi connectivity index (χ3n) is 5.87. The van der Waals surface area contributed by atoms with Gasteiger partial charge in [-0.25, -0.2) is 0 Å². The minimum atomic E-state index is -0.0408. The molecule has 1 spiro atoms. The molecular weight excluding hydrogens is 487 g/mol. The van der Waals surface area contributed by atoms with E-state index in [9.17, 15) is 9.59 Å². The van der Waals surface area contributed by atoms with E-state index >= 15 is 0 Å². The predicted octanol–water partition coefficient (Wildman–Crippen LogP) is 5.53. The van der Waals surface area contributed by atoms with Gasteiger partial charge in [0, 0.05) is 57.8 Å². The van der Waals surface area contributed by atoms with Crippen LogP contribution in [0.25, 0.3) is 6.08 Å². The molecule has 2 saturated heterocycles. The second-order valence-corrected chi connectivity index (χ2v) is 9.82. The fourth-order valence-electron chi connectivity index (χ4n) is 4.13. The van der Waals surface area contributed by atoms with Crippen LogP contribution in [0.1, 0.15) is 28.8 Å². The molecule has 2 aromatic rings. The quantitative estimate of drug-likeness (QED) is 0.512. The lowest BCUT2D eigenvalue weighted by atomic mass is 9.71. The van der Waals surface area contributed by atoms with Gasteiger partial charge in [0.15, 0.2) is 0 Å². The highest BCUT2D eigenvalue weighted by Gasteiger charge is 2.47. The van der Waals surface area contributed by atoms with Gasteiger partial charge in [-0.15, -0.1) is 0 Å². The Kier molecular flexibility index (Phi) is 6.24. The summed E-state index contributed by atoms with van der Waals surface area (Å²) >= 11 is 15.4. The summed E-state index contributed by atoms with van der Waals surface area (Å²) in [6.45, 7) is 2.86. The zero-order valence-electron chi connectivity index (χ0n) is 16.3. The molecule has 2 aliphatic rings. The van der Waals surface area contributed by atoms with Gasteiger partial charge in [0.1, 0.15) is 0 Å². The van der Waals surface area contributed by atoms with Crippen LogP contribution in [-0.4, -0.2) is 47.8 Å². The summed E-state index contributed by atoms with van der Waals surface area (Å²) in [6.07, 6.45) is 5.30. The number of likely N-dealkylation sites (tertiary alicyclic amines) is 2. The first-order chi connectivity index (χ1) is 14.3. The molecule has 156 valence electrons. The molecule has 2 heterocycles. The Morgan fingerprint density at radius 3 is 2.13 bits per heavy atom. The summed E-state index contributed by atoms with van der Waals surface area (Å²) in [5.41, 5.74) is 1.63. The molecular formula is C23H21BrCl2N2O2. The zero-order chi connectivity index (χ0) is 21.3. The minimum absolute atomic E-state index is 0.0357. The first-order valence-corrected chi connectivity index (χ1v) is 11.4. The largest absolute Gasteiger partial charge is 0.339 e. The van der Waals surface area contributed by atoms with E-state index < -0.39 is 0 Å². The maximum absolute atomic E-state index is 12.7. The molecule has 2 fully saturated rings. The summed E-state index contributed by atoms with van der Waals surface area (Å²) in [4.78, 5) is 29.0. The molecule has 0 aliphatic carbocycles. The summed E-state index contributed by atoms with van der Waals surface area (Å²) in [5.74, 6) is -0.00504. The number of carbonyl (C=O) groups excluding carboxylic acids is 2. The lowest BCUT2D eigenvalue weighted by molar-refractivity contribution is -0.130. The van der Waals surface area contributed by atoms with Crippen molar-refractivity contribution in [2.75, 3.05) is 26.2 Å². The lowest BCUT2D eigenvalue weighted by Crippen LogP contribution is -2.62. The van der Waals surface area contributed by atoms with E-state index in [-0.39, 0.29) is 17.2 Å². The Bertz CT molecular complexity index is 971. The highest BCUT2D eigenvalue weighted by atomic mass is 79.9. The van der Waals surface area contributed by atoms with Crippen LogP contribution in [0.4, 0.5) is 0 Å². The van der Waals surface area contributed by atoms with Crippen molar-refractivity contribution in [3.63, 3.8) is 0 Å². The molecule has 0 aromatic heterocycles. The maximum Gasteiger partial charge on any atom is 0.253 e. The number of rotatable bonds is 3. The number of carbonyl (C=O) groups is 2. The standard InChI is InChI=1S/C23H21BrCl2N2O2/c24-18-4-1-16(2-5-18)3-6-21(29)27-9-7-23(8-10-27)14-28(15-23)22(30)17-11-19(25)13-20(26)12-17/h1-6,11-13H,7-10,14-15H2. The van der Waals surface area contributed by atoms with Gasteiger partial charge in [-0.1, -0.05) is 51.3 Å². The van der Waals surface area contributed by atoms with Crippen LogP contribution >= 0.6 is 39.1 Å². The second kappa shape index (κ2) is 8.74. The molecule has 2 aromatic carbocycles. The number of piperidine rings is 1. The van der Waals surface area contributed by atoms with Crippen molar-refractivity contribution >= 4 is 57.0 Å². The average molecular weight is 508 g/mol. The smallest absolute Gasteiger partial charge is 0.253 e. The van der Waals surface area contributed by atoms with Crippen LogP contribution in [0.5, 0.6) is 0 Å². The number of halogens is 3. The number of benzene rings is 2. The Morgan fingerprint density at radius 1 is 0.933 bits per heavy atom. The third kappa shape index (κ3) is 4.74. The van der Waals surface area contributed by atoms with Crippen molar-refractivity contribution in [2.24, 2.45) is 5.41 Å². The van der Waals surface area contributed by atoms with Crippen molar-refractivity contribution in [3.05, 3.63) is 74.2 Å². The first kappa shape index (κ1) is 21.4. The van der Waals surface area contributed by atoms with Crippen LogP contribution in [0.15, 0.2) is 53.0 Å². The summed E-state index contributed by atoms with van der Waals surface area (Å²) < 4.78 is 1.01. The lowest BCUT2D eigenvalue weighted by Gasteiger charge is -2.53. The van der Waals surface area contributed by atoms with Gasteiger partial charge in [-0.05, 0) is 54.8 Å². The number of amides is 2. The van der Waals surface area contributed by atoms with E-state index in [2.05, 4.69) is 15.9 Å². The molecule has 2 amide bonds. The van der Waals surface area contributed by atoms with Gasteiger partial charge >= 0.3 is 0 Å². The van der Waals surface area contributed by atoms with Crippen molar-refractivity contribution in [1.82, 2.24) is 9.80 Å². The summed E-state index contributed by atoms with van der Waals surface area (Å²) in [6, 6.07) is 12.8. The van der Waals surface area contributed by atoms with Gasteiger partial charge in [0.2, 0.25) is 5.91 Å². The minimum Gasteiger partial charge on any atom is -0.339 e. The van der Waals surface area contributed by atoms with Crippen molar-refractivity contribution in [3.8, 4) is 0 Å². The van der Waals surface area contributed by atoms with Crippen LogP contribution in [0.2, 0.25) is 10.0 Å². The molecule has 0 saturated carbocycles. The molecule has 30 heavy (non-hydrogen) atoms. The van der Waals surface area contributed by atoms with Gasteiger partial charge in [-0.2, -0.15) is 0 Å². The van der Waals surface area contributed by atoms with E-state index in [1.807, 2.05) is 40.1 Å². The Morgan fingerprint density at radius 2 is 1.53 bits per heavy atom. The van der Waals surface area contributed by atoms with Gasteiger partial charge in [-0.3, -0.25) is 9.59 Å². The van der Waals surface area contributed by atoms with Crippen LogP contribution in [-0.2, 0) is 4.79 Å². The average Bonchev–Trinajstić information content (AvgIpc) is 2.70. The molecule has 0 bridgehead atoms. The molecule has 4 rings (SSSR count). The third-order valence-corrected chi connectivity index (χ3v) is 6.84. The van der Waals surface area contributed by atoms with E-state index in [1.165, 1.54) is 0 Å². The summed E-state index contributed by atoms with van der Waals surface area (Å²) in [5, 5.41) is 0.924. The molecule has 7 heteroatoms. The molecule has 0 unspecified atom stereocenters. The number of nitrogens with zero attached hydrogens (tertiary/aromatic N) is 2. The molecule has 0 N–H and O–H groups in total. The summed E-state index contributed by atoms with van der Waals surface area (Å²) in [7, 11) is 0. The highest BCUT2D eigenvalue weighted by Crippen LogP contribution is 2.41. The van der Waals surface area contributed by atoms with Crippen molar-refractivity contribution < 1.29 is 9.59 Å². The van der Waals surface area contributed by atoms with Crippen LogP contribution in [0.3, 0.4) is 0 Å². The predicted molar refractivity (Wildman–Crippen MR) is 124 cm³/mol. The topological polar surface area (TPSA) is 40.6 Å². The first-order valence-electron chi connectivity index (χ1n) is 9.82. The Labute approximate surface area is 194 Å². The Balaban J connectivity index is 1.29. The van der Waals surface area contributed by atoms with Gasteiger partial charge < -0.3 is 9.80 Å². The SMILES string of the molecule is O=C(C=Cc1ccc(Br)cc1)N1CCC2(CC1)CN(C(=O)c1cc(Cl)cc(Cl)c1)C2. The van der Waals surface area contributed by atoms with Gasteiger partial charge in [0.05, 0.1) is 0 Å². The van der Waals surface area contributed by atoms with E-state index in [1.54, 1.807) is 24.3 Å². The fourth-order valence-corrected chi connectivity index (χ4v) is 4.92. The maximum atomic E-state index is 12.7. The van der Waals surface area contributed by atoms with E-state index in [0.29, 0.717) is 41.8 Å². The van der Waals surface area contributed by atoms with Crippen LogP contribution in [0, 0.1) is 5.41 Å². The highest BCUT2D eigenvalue weighted by molar-refractivity contribution is 9.10. The number of hydrogen-bond acceptors (Lipinski definition) is 2.